The number of ether oxygens (including phenoxy) is 2. The molecule has 0 heterocycles. The Kier molecular flexibility index (Phi) is 7.82. The Balaban J connectivity index is 2.06. The smallest absolute Gasteiger partial charge is 0.248 e. The van der Waals surface area contributed by atoms with E-state index in [0.717, 1.165) is 12.0 Å². The van der Waals surface area contributed by atoms with E-state index in [1.807, 2.05) is 32.0 Å². The van der Waals surface area contributed by atoms with E-state index in [1.165, 1.54) is 6.08 Å². The molecule has 0 atom stereocenters. The van der Waals surface area contributed by atoms with Gasteiger partial charge in [0.15, 0.2) is 11.5 Å². The fraction of sp³-hybridized carbons (Fsp3) is 0.250. The minimum atomic E-state index is -0.271. The first-order chi connectivity index (χ1) is 12.5. The van der Waals surface area contributed by atoms with Crippen molar-refractivity contribution in [2.45, 2.75) is 20.3 Å². The van der Waals surface area contributed by atoms with Crippen LogP contribution in [0.1, 0.15) is 25.8 Å². The Bertz CT molecular complexity index is 791. The van der Waals surface area contributed by atoms with Gasteiger partial charge in [0.2, 0.25) is 5.91 Å². The number of anilines is 1. The van der Waals surface area contributed by atoms with Crippen molar-refractivity contribution in [2.75, 3.05) is 18.5 Å². The number of hydrogen-bond donors (Lipinski definition) is 1. The van der Waals surface area contributed by atoms with Gasteiger partial charge in [-0.1, -0.05) is 36.2 Å². The average Bonchev–Trinajstić information content (AvgIpc) is 2.62. The van der Waals surface area contributed by atoms with Gasteiger partial charge in [-0.2, -0.15) is 0 Å². The lowest BCUT2D eigenvalue weighted by Crippen LogP contribution is -2.07. The third-order valence-corrected chi connectivity index (χ3v) is 4.08. The van der Waals surface area contributed by atoms with Gasteiger partial charge < -0.3 is 14.8 Å². The van der Waals surface area contributed by atoms with Crippen molar-refractivity contribution in [3.05, 3.63) is 58.1 Å². The van der Waals surface area contributed by atoms with Crippen LogP contribution in [0.25, 0.3) is 6.08 Å². The summed E-state index contributed by atoms with van der Waals surface area (Å²) in [6.07, 6.45) is 4.07. The van der Waals surface area contributed by atoms with Crippen molar-refractivity contribution < 1.29 is 14.3 Å². The van der Waals surface area contributed by atoms with E-state index >= 15 is 0 Å². The fourth-order valence-corrected chi connectivity index (χ4v) is 2.46. The molecular weight excluding hydrogens is 373 g/mol. The normalized spacial score (nSPS) is 10.8. The molecule has 0 aliphatic carbocycles. The fourth-order valence-electron chi connectivity index (χ4n) is 2.16. The van der Waals surface area contributed by atoms with Crippen molar-refractivity contribution in [3.8, 4) is 11.5 Å². The molecule has 0 bridgehead atoms. The Morgan fingerprint density at radius 1 is 1.04 bits per heavy atom. The average molecular weight is 394 g/mol. The topological polar surface area (TPSA) is 47.6 Å². The molecular formula is C20H21Cl2NO3. The Morgan fingerprint density at radius 2 is 1.85 bits per heavy atom. The number of rotatable bonds is 8. The van der Waals surface area contributed by atoms with Gasteiger partial charge in [-0.05, 0) is 55.3 Å². The second kappa shape index (κ2) is 10.1. The molecule has 0 saturated heterocycles. The van der Waals surface area contributed by atoms with Gasteiger partial charge in [-0.25, -0.2) is 0 Å². The van der Waals surface area contributed by atoms with E-state index < -0.39 is 0 Å². The van der Waals surface area contributed by atoms with Crippen molar-refractivity contribution in [1.29, 1.82) is 0 Å². The maximum Gasteiger partial charge on any atom is 0.248 e. The van der Waals surface area contributed by atoms with E-state index in [4.69, 9.17) is 32.7 Å². The predicted molar refractivity (Wildman–Crippen MR) is 108 cm³/mol. The van der Waals surface area contributed by atoms with Crippen LogP contribution in [-0.4, -0.2) is 19.1 Å². The molecule has 138 valence electrons. The number of amides is 1. The third kappa shape index (κ3) is 5.97. The molecule has 4 nitrogen and oxygen atoms in total. The van der Waals surface area contributed by atoms with Gasteiger partial charge in [0.1, 0.15) is 0 Å². The molecule has 0 fully saturated rings. The summed E-state index contributed by atoms with van der Waals surface area (Å²) in [5.74, 6) is 1.09. The molecule has 26 heavy (non-hydrogen) atoms. The maximum atomic E-state index is 12.1. The summed E-state index contributed by atoms with van der Waals surface area (Å²) in [4.78, 5) is 12.1. The molecule has 0 aromatic heterocycles. The maximum absolute atomic E-state index is 12.1. The van der Waals surface area contributed by atoms with E-state index in [1.54, 1.807) is 24.3 Å². The van der Waals surface area contributed by atoms with Gasteiger partial charge in [0.05, 0.1) is 23.3 Å². The molecule has 1 N–H and O–H groups in total. The minimum absolute atomic E-state index is 0.271. The summed E-state index contributed by atoms with van der Waals surface area (Å²) in [6, 6.07) is 10.5. The highest BCUT2D eigenvalue weighted by molar-refractivity contribution is 6.42. The zero-order chi connectivity index (χ0) is 18.9. The number of hydrogen-bond acceptors (Lipinski definition) is 3. The van der Waals surface area contributed by atoms with Crippen LogP contribution in [-0.2, 0) is 4.79 Å². The zero-order valence-electron chi connectivity index (χ0n) is 14.7. The van der Waals surface area contributed by atoms with Crippen LogP contribution in [0.5, 0.6) is 11.5 Å². The zero-order valence-corrected chi connectivity index (χ0v) is 16.2. The van der Waals surface area contributed by atoms with Crippen molar-refractivity contribution in [2.24, 2.45) is 0 Å². The van der Waals surface area contributed by atoms with Gasteiger partial charge >= 0.3 is 0 Å². The van der Waals surface area contributed by atoms with Gasteiger partial charge in [0.25, 0.3) is 0 Å². The summed E-state index contributed by atoms with van der Waals surface area (Å²) < 4.78 is 11.3. The van der Waals surface area contributed by atoms with Crippen molar-refractivity contribution >= 4 is 40.9 Å². The lowest BCUT2D eigenvalue weighted by molar-refractivity contribution is -0.111. The molecule has 2 aromatic rings. The van der Waals surface area contributed by atoms with Crippen LogP contribution >= 0.6 is 23.2 Å². The molecule has 0 aliphatic heterocycles. The van der Waals surface area contributed by atoms with Crippen LogP contribution in [0.4, 0.5) is 5.69 Å². The summed E-state index contributed by atoms with van der Waals surface area (Å²) in [5.41, 5.74) is 1.41. The summed E-state index contributed by atoms with van der Waals surface area (Å²) in [5, 5.41) is 3.56. The molecule has 0 radical (unpaired) electrons. The minimum Gasteiger partial charge on any atom is -0.490 e. The third-order valence-electron chi connectivity index (χ3n) is 3.34. The molecule has 0 saturated carbocycles. The Hall–Kier alpha value is -2.17. The van der Waals surface area contributed by atoms with Crippen LogP contribution in [0.2, 0.25) is 10.0 Å². The van der Waals surface area contributed by atoms with Gasteiger partial charge in [-0.3, -0.25) is 4.79 Å². The number of halogens is 2. The number of carbonyl (C=O) groups excluding carboxylic acids is 1. The van der Waals surface area contributed by atoms with E-state index in [-0.39, 0.29) is 5.91 Å². The molecule has 2 rings (SSSR count). The van der Waals surface area contributed by atoms with Crippen molar-refractivity contribution in [3.63, 3.8) is 0 Å². The molecule has 6 heteroatoms. The first kappa shape index (κ1) is 20.1. The van der Waals surface area contributed by atoms with Crippen molar-refractivity contribution in [1.82, 2.24) is 0 Å². The molecule has 0 unspecified atom stereocenters. The lowest BCUT2D eigenvalue weighted by Gasteiger charge is -2.12. The van der Waals surface area contributed by atoms with Crippen LogP contribution < -0.4 is 14.8 Å². The van der Waals surface area contributed by atoms with Crippen LogP contribution in [0.15, 0.2) is 42.5 Å². The first-order valence-corrected chi connectivity index (χ1v) is 9.12. The number of nitrogens with one attached hydrogen (secondary N) is 1. The van der Waals surface area contributed by atoms with E-state index in [2.05, 4.69) is 5.32 Å². The molecule has 0 aliphatic rings. The first-order valence-electron chi connectivity index (χ1n) is 8.37. The molecule has 0 spiro atoms. The second-order valence-electron chi connectivity index (χ2n) is 5.44. The predicted octanol–water partition coefficient (Wildman–Crippen LogP) is 5.83. The highest BCUT2D eigenvalue weighted by Gasteiger charge is 2.06. The number of benzene rings is 2. The second-order valence-corrected chi connectivity index (χ2v) is 6.25. The number of carbonyl (C=O) groups is 1. The SMILES string of the molecule is CCCOc1ccc(/C=C/C(=O)Nc2ccc(Cl)c(Cl)c2)cc1OCC. The van der Waals surface area contributed by atoms with E-state index in [0.29, 0.717) is 40.4 Å². The quantitative estimate of drug-likeness (QED) is 0.573. The Labute approximate surface area is 163 Å². The highest BCUT2D eigenvalue weighted by Crippen LogP contribution is 2.29. The van der Waals surface area contributed by atoms with Crippen LogP contribution in [0.3, 0.4) is 0 Å². The molecule has 2 aromatic carbocycles. The van der Waals surface area contributed by atoms with Gasteiger partial charge in [-0.15, -0.1) is 0 Å². The molecule has 1 amide bonds. The summed E-state index contributed by atoms with van der Waals surface area (Å²) >= 11 is 11.8. The lowest BCUT2D eigenvalue weighted by atomic mass is 10.2. The standard InChI is InChI=1S/C20H21Cl2NO3/c1-3-11-26-18-9-5-14(12-19(18)25-4-2)6-10-20(24)23-15-7-8-16(21)17(22)13-15/h5-10,12-13H,3-4,11H2,1-2H3,(H,23,24)/b10-6+. The van der Waals surface area contributed by atoms with E-state index in [9.17, 15) is 4.79 Å². The Morgan fingerprint density at radius 3 is 2.54 bits per heavy atom. The monoisotopic (exact) mass is 393 g/mol. The highest BCUT2D eigenvalue weighted by atomic mass is 35.5. The largest absolute Gasteiger partial charge is 0.490 e. The van der Waals surface area contributed by atoms with Crippen LogP contribution in [0, 0.1) is 0 Å². The summed E-state index contributed by atoms with van der Waals surface area (Å²) in [6.45, 7) is 5.12. The van der Waals surface area contributed by atoms with Gasteiger partial charge in [0, 0.05) is 11.8 Å². The summed E-state index contributed by atoms with van der Waals surface area (Å²) in [7, 11) is 0.